The van der Waals surface area contributed by atoms with E-state index in [2.05, 4.69) is 5.32 Å². The van der Waals surface area contributed by atoms with Gasteiger partial charge in [0.25, 0.3) is 5.91 Å². The predicted molar refractivity (Wildman–Crippen MR) is 104 cm³/mol. The minimum atomic E-state index is -2.61. The minimum absolute atomic E-state index is 0.0812. The van der Waals surface area contributed by atoms with Crippen molar-refractivity contribution in [2.24, 2.45) is 0 Å². The summed E-state index contributed by atoms with van der Waals surface area (Å²) in [7, 11) is 0. The monoisotopic (exact) mass is 414 g/mol. The molecule has 0 radical (unpaired) electrons. The van der Waals surface area contributed by atoms with Crippen molar-refractivity contribution in [2.45, 2.75) is 89.3 Å². The van der Waals surface area contributed by atoms with Crippen LogP contribution in [0.4, 0.5) is 13.6 Å². The Morgan fingerprint density at radius 3 is 2.43 bits per heavy atom. The summed E-state index contributed by atoms with van der Waals surface area (Å²) in [5.41, 5.74) is 0.532. The van der Waals surface area contributed by atoms with Crippen LogP contribution in [0, 0.1) is 6.92 Å². The van der Waals surface area contributed by atoms with Crippen molar-refractivity contribution in [1.82, 2.24) is 10.2 Å². The van der Waals surface area contributed by atoms with Crippen molar-refractivity contribution in [3.8, 4) is 0 Å². The molecule has 2 aliphatic rings. The number of carbonyl (C=O) groups excluding carboxylic acids is 1. The molecule has 1 aromatic rings. The van der Waals surface area contributed by atoms with Gasteiger partial charge in [-0.3, -0.25) is 9.69 Å². The van der Waals surface area contributed by atoms with Crippen molar-refractivity contribution < 1.29 is 23.5 Å². The van der Waals surface area contributed by atoms with Gasteiger partial charge < -0.3 is 10.4 Å². The van der Waals surface area contributed by atoms with Crippen molar-refractivity contribution >= 4 is 23.3 Å². The second kappa shape index (κ2) is 7.28. The van der Waals surface area contributed by atoms with Crippen molar-refractivity contribution in [1.29, 1.82) is 0 Å². The molecule has 2 saturated carbocycles. The van der Waals surface area contributed by atoms with Gasteiger partial charge in [-0.1, -0.05) is 0 Å². The molecule has 1 aromatic heterocycles. The highest BCUT2D eigenvalue weighted by atomic mass is 32.1. The molecule has 1 heterocycles. The number of amides is 2. The van der Waals surface area contributed by atoms with E-state index in [-0.39, 0.29) is 36.8 Å². The Morgan fingerprint density at radius 1 is 1.29 bits per heavy atom. The highest BCUT2D eigenvalue weighted by Gasteiger charge is 2.49. The van der Waals surface area contributed by atoms with E-state index in [1.807, 2.05) is 33.8 Å². The third kappa shape index (κ3) is 4.47. The first-order chi connectivity index (χ1) is 12.9. The summed E-state index contributed by atoms with van der Waals surface area (Å²) in [6.07, 6.45) is 0.0297. The number of alkyl halides is 2. The van der Waals surface area contributed by atoms with Crippen LogP contribution in [-0.4, -0.2) is 45.6 Å². The Balaban J connectivity index is 1.66. The molecule has 0 saturated heterocycles. The normalized spacial score (nSPS) is 24.6. The van der Waals surface area contributed by atoms with Gasteiger partial charge in [-0.2, -0.15) is 0 Å². The fraction of sp³-hybridized carbons (Fsp3) is 0.700. The Bertz CT molecular complexity index is 762. The molecule has 8 heteroatoms. The lowest BCUT2D eigenvalue weighted by Gasteiger charge is -2.33. The van der Waals surface area contributed by atoms with Gasteiger partial charge in [0.05, 0.1) is 4.88 Å². The molecule has 2 unspecified atom stereocenters. The lowest BCUT2D eigenvalue weighted by molar-refractivity contribution is -0.0399. The molecule has 156 valence electrons. The summed E-state index contributed by atoms with van der Waals surface area (Å²) >= 11 is 1.38. The number of hydrogen-bond donors (Lipinski definition) is 2. The minimum Gasteiger partial charge on any atom is -0.465 e. The fourth-order valence-electron chi connectivity index (χ4n) is 4.14. The molecule has 28 heavy (non-hydrogen) atoms. The molecule has 0 aromatic carbocycles. The van der Waals surface area contributed by atoms with Crippen LogP contribution in [0.3, 0.4) is 0 Å². The summed E-state index contributed by atoms with van der Waals surface area (Å²) in [5, 5.41) is 12.5. The number of rotatable bonds is 4. The first-order valence-electron chi connectivity index (χ1n) is 9.70. The third-order valence-electron chi connectivity index (χ3n) is 5.65. The Morgan fingerprint density at radius 2 is 1.89 bits per heavy atom. The zero-order valence-electron chi connectivity index (χ0n) is 16.7. The fourth-order valence-corrected chi connectivity index (χ4v) is 5.14. The van der Waals surface area contributed by atoms with Crippen molar-refractivity contribution in [2.75, 3.05) is 0 Å². The lowest BCUT2D eigenvalue weighted by Crippen LogP contribution is -2.46. The third-order valence-corrected chi connectivity index (χ3v) is 6.71. The van der Waals surface area contributed by atoms with Crippen LogP contribution >= 0.6 is 11.3 Å². The highest BCUT2D eigenvalue weighted by Crippen LogP contribution is 2.49. The number of thiophene rings is 1. The van der Waals surface area contributed by atoms with Crippen LogP contribution in [0.1, 0.15) is 78.9 Å². The first kappa shape index (κ1) is 21.0. The summed E-state index contributed by atoms with van der Waals surface area (Å²) in [6.45, 7) is 7.58. The second-order valence-electron chi connectivity index (χ2n) is 8.96. The number of carbonyl (C=O) groups is 2. The van der Waals surface area contributed by atoms with Crippen LogP contribution in [0.2, 0.25) is 0 Å². The Kier molecular flexibility index (Phi) is 5.47. The molecular formula is C20H28F2N2O3S. The van der Waals surface area contributed by atoms with E-state index in [4.69, 9.17) is 0 Å². The topological polar surface area (TPSA) is 69.6 Å². The molecule has 3 rings (SSSR count). The van der Waals surface area contributed by atoms with Crippen LogP contribution in [0.25, 0.3) is 0 Å². The molecule has 2 atom stereocenters. The maximum Gasteiger partial charge on any atom is 0.408 e. The van der Waals surface area contributed by atoms with Gasteiger partial charge in [0, 0.05) is 41.3 Å². The lowest BCUT2D eigenvalue weighted by atomic mass is 9.92. The maximum absolute atomic E-state index is 13.3. The number of nitrogens with one attached hydrogen (secondary N) is 1. The summed E-state index contributed by atoms with van der Waals surface area (Å²) < 4.78 is 26.6. The average molecular weight is 415 g/mol. The van der Waals surface area contributed by atoms with E-state index in [0.29, 0.717) is 17.7 Å². The summed E-state index contributed by atoms with van der Waals surface area (Å²) in [6, 6.07) is 1.55. The van der Waals surface area contributed by atoms with Gasteiger partial charge in [0.15, 0.2) is 0 Å². The van der Waals surface area contributed by atoms with Crippen LogP contribution < -0.4 is 5.32 Å². The predicted octanol–water partition coefficient (Wildman–Crippen LogP) is 5.00. The SMILES string of the molecule is Cc1sc(C(=O)NC2CCC(F)(F)CC2)cc1C1CC1N(C(=O)O)C(C)(C)C. The van der Waals surface area contributed by atoms with E-state index < -0.39 is 17.6 Å². The van der Waals surface area contributed by atoms with Gasteiger partial charge in [0.2, 0.25) is 5.92 Å². The quantitative estimate of drug-likeness (QED) is 0.729. The van der Waals surface area contributed by atoms with E-state index in [0.717, 1.165) is 16.9 Å². The van der Waals surface area contributed by atoms with E-state index in [9.17, 15) is 23.5 Å². The summed E-state index contributed by atoms with van der Waals surface area (Å²) in [5.74, 6) is -2.74. The molecule has 0 bridgehead atoms. The van der Waals surface area contributed by atoms with Gasteiger partial charge in [-0.25, -0.2) is 13.6 Å². The van der Waals surface area contributed by atoms with Crippen LogP contribution in [0.15, 0.2) is 6.07 Å². The highest BCUT2D eigenvalue weighted by molar-refractivity contribution is 7.14. The Labute approximate surface area is 168 Å². The second-order valence-corrected chi connectivity index (χ2v) is 10.2. The van der Waals surface area contributed by atoms with E-state index >= 15 is 0 Å². The molecule has 2 N–H and O–H groups in total. The molecular weight excluding hydrogens is 386 g/mol. The van der Waals surface area contributed by atoms with Crippen LogP contribution in [0.5, 0.6) is 0 Å². The number of nitrogens with zero attached hydrogens (tertiary/aromatic N) is 1. The van der Waals surface area contributed by atoms with E-state index in [1.54, 1.807) is 0 Å². The molecule has 0 aliphatic heterocycles. The van der Waals surface area contributed by atoms with Crippen molar-refractivity contribution in [3.05, 3.63) is 21.4 Å². The van der Waals surface area contributed by atoms with Gasteiger partial charge in [-0.15, -0.1) is 11.3 Å². The smallest absolute Gasteiger partial charge is 0.408 e. The van der Waals surface area contributed by atoms with Gasteiger partial charge >= 0.3 is 6.09 Å². The molecule has 2 amide bonds. The first-order valence-corrected chi connectivity index (χ1v) is 10.5. The van der Waals surface area contributed by atoms with Crippen LogP contribution in [-0.2, 0) is 0 Å². The zero-order valence-corrected chi connectivity index (χ0v) is 17.5. The molecule has 5 nitrogen and oxygen atoms in total. The standard InChI is InChI=1S/C20H28F2N2O3S/c1-11-13(14-9-15(14)24(18(26)27)19(2,3)4)10-16(28-11)17(25)23-12-5-7-20(21,22)8-6-12/h10,12,14-15H,5-9H2,1-4H3,(H,23,25)(H,26,27). The molecule has 2 fully saturated rings. The number of halogens is 2. The molecule has 0 spiro atoms. The number of aryl methyl sites for hydroxylation is 1. The van der Waals surface area contributed by atoms with E-state index in [1.165, 1.54) is 16.2 Å². The number of carboxylic acid groups (broad SMARTS) is 1. The maximum atomic E-state index is 13.3. The number of hydrogen-bond acceptors (Lipinski definition) is 3. The average Bonchev–Trinajstić information content (AvgIpc) is 3.20. The van der Waals surface area contributed by atoms with Gasteiger partial charge in [0.1, 0.15) is 0 Å². The Hall–Kier alpha value is -1.70. The largest absolute Gasteiger partial charge is 0.465 e. The van der Waals surface area contributed by atoms with Gasteiger partial charge in [-0.05, 0) is 58.6 Å². The summed E-state index contributed by atoms with van der Waals surface area (Å²) in [4.78, 5) is 27.3. The molecule has 2 aliphatic carbocycles. The van der Waals surface area contributed by atoms with Crippen molar-refractivity contribution in [3.63, 3.8) is 0 Å². The zero-order chi connectivity index (χ0) is 20.9.